The maximum atomic E-state index is 14.2. The lowest BCUT2D eigenvalue weighted by atomic mass is 9.75. The van der Waals surface area contributed by atoms with E-state index < -0.39 is 17.6 Å². The number of amides is 1. The summed E-state index contributed by atoms with van der Waals surface area (Å²) in [5.74, 6) is -0.551. The van der Waals surface area contributed by atoms with Crippen LogP contribution in [0.15, 0.2) is 65.0 Å². The Bertz CT molecular complexity index is 1150. The van der Waals surface area contributed by atoms with Crippen LogP contribution >= 0.6 is 0 Å². The van der Waals surface area contributed by atoms with Crippen molar-refractivity contribution in [2.24, 2.45) is 0 Å². The zero-order valence-electron chi connectivity index (χ0n) is 18.3. The van der Waals surface area contributed by atoms with Gasteiger partial charge in [-0.15, -0.1) is 0 Å². The highest BCUT2D eigenvalue weighted by molar-refractivity contribution is 6.09. The molecule has 0 saturated carbocycles. The molecular weight excluding hydrogens is 411 g/mol. The summed E-state index contributed by atoms with van der Waals surface area (Å²) in [7, 11) is 3.08. The Morgan fingerprint density at radius 1 is 1.09 bits per heavy atom. The third-order valence-corrected chi connectivity index (χ3v) is 5.88. The molecule has 1 aliphatic carbocycles. The Morgan fingerprint density at radius 2 is 1.84 bits per heavy atom. The SMILES string of the molecule is COc1ccc([C@@H]2C(C(=O)Nc3ccccc3F)=C(C)NC3=C2C(=O)CCC3)cc1OC. The van der Waals surface area contributed by atoms with Gasteiger partial charge in [-0.2, -0.15) is 0 Å². The first-order valence-corrected chi connectivity index (χ1v) is 10.5. The van der Waals surface area contributed by atoms with Crippen molar-refractivity contribution in [1.29, 1.82) is 0 Å². The molecule has 166 valence electrons. The first-order chi connectivity index (χ1) is 15.4. The van der Waals surface area contributed by atoms with E-state index in [4.69, 9.17) is 9.47 Å². The minimum absolute atomic E-state index is 0.00206. The minimum atomic E-state index is -0.606. The smallest absolute Gasteiger partial charge is 0.254 e. The Morgan fingerprint density at radius 3 is 2.56 bits per heavy atom. The number of Topliss-reactive ketones (excluding diaryl/α,β-unsaturated/α-hetero) is 1. The number of halogens is 1. The molecule has 6 nitrogen and oxygen atoms in total. The van der Waals surface area contributed by atoms with Gasteiger partial charge >= 0.3 is 0 Å². The van der Waals surface area contributed by atoms with E-state index in [2.05, 4.69) is 10.6 Å². The molecule has 0 fully saturated rings. The van der Waals surface area contributed by atoms with Crippen molar-refractivity contribution < 1.29 is 23.5 Å². The lowest BCUT2D eigenvalue weighted by Crippen LogP contribution is -2.35. The zero-order chi connectivity index (χ0) is 22.8. The van der Waals surface area contributed by atoms with Gasteiger partial charge in [-0.05, 0) is 49.6 Å². The summed E-state index contributed by atoms with van der Waals surface area (Å²) in [4.78, 5) is 26.4. The average molecular weight is 436 g/mol. The molecule has 1 atom stereocenters. The van der Waals surface area contributed by atoms with Gasteiger partial charge in [0.15, 0.2) is 17.3 Å². The van der Waals surface area contributed by atoms with Crippen molar-refractivity contribution in [3.63, 3.8) is 0 Å². The van der Waals surface area contributed by atoms with Gasteiger partial charge in [0.25, 0.3) is 5.91 Å². The van der Waals surface area contributed by atoms with Crippen LogP contribution in [0.25, 0.3) is 0 Å². The summed E-state index contributed by atoms with van der Waals surface area (Å²) in [6.45, 7) is 1.80. The maximum Gasteiger partial charge on any atom is 0.254 e. The summed E-state index contributed by atoms with van der Waals surface area (Å²) < 4.78 is 25.0. The van der Waals surface area contributed by atoms with Gasteiger partial charge in [-0.3, -0.25) is 9.59 Å². The van der Waals surface area contributed by atoms with Crippen molar-refractivity contribution >= 4 is 17.4 Å². The number of para-hydroxylation sites is 1. The van der Waals surface area contributed by atoms with Gasteiger partial charge < -0.3 is 20.1 Å². The van der Waals surface area contributed by atoms with Crippen LogP contribution in [0.1, 0.15) is 37.7 Å². The second kappa shape index (κ2) is 8.86. The van der Waals surface area contributed by atoms with Crippen LogP contribution < -0.4 is 20.1 Å². The molecule has 1 heterocycles. The van der Waals surface area contributed by atoms with Crippen molar-refractivity contribution in [3.05, 3.63) is 76.4 Å². The number of ether oxygens (including phenoxy) is 2. The fourth-order valence-corrected chi connectivity index (χ4v) is 4.40. The Kier molecular flexibility index (Phi) is 5.99. The van der Waals surface area contributed by atoms with Crippen LogP contribution in [0, 0.1) is 5.82 Å². The molecule has 0 bridgehead atoms. The molecular formula is C25H25FN2O4. The van der Waals surface area contributed by atoms with Crippen LogP contribution in [0.5, 0.6) is 11.5 Å². The first-order valence-electron chi connectivity index (χ1n) is 10.5. The molecule has 0 saturated heterocycles. The predicted molar refractivity (Wildman–Crippen MR) is 119 cm³/mol. The summed E-state index contributed by atoms with van der Waals surface area (Å²) in [6.07, 6.45) is 1.91. The van der Waals surface area contributed by atoms with Crippen LogP contribution in [0.3, 0.4) is 0 Å². The lowest BCUT2D eigenvalue weighted by molar-refractivity contribution is -0.116. The summed E-state index contributed by atoms with van der Waals surface area (Å²) in [5, 5.41) is 5.93. The van der Waals surface area contributed by atoms with Gasteiger partial charge in [0.2, 0.25) is 0 Å². The number of allylic oxidation sites excluding steroid dienone is 3. The van der Waals surface area contributed by atoms with E-state index in [1.54, 1.807) is 38.3 Å². The van der Waals surface area contributed by atoms with Crippen molar-refractivity contribution in [2.45, 2.75) is 32.1 Å². The number of dihydropyridines is 1. The molecule has 0 unspecified atom stereocenters. The largest absolute Gasteiger partial charge is 0.493 e. The number of anilines is 1. The molecule has 0 radical (unpaired) electrons. The van der Waals surface area contributed by atoms with E-state index in [9.17, 15) is 14.0 Å². The van der Waals surface area contributed by atoms with E-state index >= 15 is 0 Å². The molecule has 2 aliphatic rings. The number of hydrogen-bond donors (Lipinski definition) is 2. The van der Waals surface area contributed by atoms with Crippen molar-refractivity contribution in [1.82, 2.24) is 5.32 Å². The number of carbonyl (C=O) groups excluding carboxylic acids is 2. The normalized spacial score (nSPS) is 18.1. The Balaban J connectivity index is 1.83. The second-order valence-electron chi connectivity index (χ2n) is 7.81. The highest BCUT2D eigenvalue weighted by Gasteiger charge is 2.38. The zero-order valence-corrected chi connectivity index (χ0v) is 18.3. The Labute approximate surface area is 186 Å². The minimum Gasteiger partial charge on any atom is -0.493 e. The molecule has 2 N–H and O–H groups in total. The summed E-state index contributed by atoms with van der Waals surface area (Å²) in [6, 6.07) is 11.4. The average Bonchev–Trinajstić information content (AvgIpc) is 2.79. The molecule has 7 heteroatoms. The second-order valence-corrected chi connectivity index (χ2v) is 7.81. The first kappa shape index (κ1) is 21.6. The van der Waals surface area contributed by atoms with Gasteiger partial charge in [0, 0.05) is 34.9 Å². The highest BCUT2D eigenvalue weighted by Crippen LogP contribution is 2.44. The van der Waals surface area contributed by atoms with E-state index in [1.807, 2.05) is 6.07 Å². The van der Waals surface area contributed by atoms with Gasteiger partial charge in [0.1, 0.15) is 5.82 Å². The molecule has 32 heavy (non-hydrogen) atoms. The van der Waals surface area contributed by atoms with E-state index in [0.29, 0.717) is 34.8 Å². The van der Waals surface area contributed by atoms with Crippen LogP contribution in [0.2, 0.25) is 0 Å². The Hall–Kier alpha value is -3.61. The number of nitrogens with one attached hydrogen (secondary N) is 2. The maximum absolute atomic E-state index is 14.2. The summed E-state index contributed by atoms with van der Waals surface area (Å²) >= 11 is 0. The number of ketones is 1. The molecule has 2 aromatic carbocycles. The number of carbonyl (C=O) groups is 2. The standard InChI is InChI=1S/C25H25FN2O4/c1-14-22(25(30)28-17-8-5-4-7-16(17)26)23(24-18(27-14)9-6-10-19(24)29)15-11-12-20(31-2)21(13-15)32-3/h4-5,7-8,11-13,23,27H,6,9-10H2,1-3H3,(H,28,30)/t23-/m1/s1. The monoisotopic (exact) mass is 436 g/mol. The lowest BCUT2D eigenvalue weighted by Gasteiger charge is -2.34. The number of hydrogen-bond acceptors (Lipinski definition) is 5. The van der Waals surface area contributed by atoms with Gasteiger partial charge in [0.05, 0.1) is 19.9 Å². The molecule has 1 amide bonds. The summed E-state index contributed by atoms with van der Waals surface area (Å²) in [5.41, 5.74) is 3.22. The van der Waals surface area contributed by atoms with E-state index in [1.165, 1.54) is 19.2 Å². The van der Waals surface area contributed by atoms with E-state index in [0.717, 1.165) is 24.1 Å². The molecule has 1 aliphatic heterocycles. The molecule has 4 rings (SSSR count). The topological polar surface area (TPSA) is 76.7 Å². The number of rotatable bonds is 5. The highest BCUT2D eigenvalue weighted by atomic mass is 19.1. The van der Waals surface area contributed by atoms with Crippen molar-refractivity contribution in [2.75, 3.05) is 19.5 Å². The van der Waals surface area contributed by atoms with Crippen LogP contribution in [-0.2, 0) is 9.59 Å². The van der Waals surface area contributed by atoms with Gasteiger partial charge in [-0.1, -0.05) is 18.2 Å². The van der Waals surface area contributed by atoms with Gasteiger partial charge in [-0.25, -0.2) is 4.39 Å². The van der Waals surface area contributed by atoms with Crippen LogP contribution in [0.4, 0.5) is 10.1 Å². The fourth-order valence-electron chi connectivity index (χ4n) is 4.40. The molecule has 0 aromatic heterocycles. The number of methoxy groups -OCH3 is 2. The molecule has 0 spiro atoms. The van der Waals surface area contributed by atoms with E-state index in [-0.39, 0.29) is 11.5 Å². The molecule has 2 aromatic rings. The predicted octanol–water partition coefficient (Wildman–Crippen LogP) is 4.45. The third-order valence-electron chi connectivity index (χ3n) is 5.88. The number of benzene rings is 2. The quantitative estimate of drug-likeness (QED) is 0.724. The fraction of sp³-hybridized carbons (Fsp3) is 0.280. The van der Waals surface area contributed by atoms with Crippen LogP contribution in [-0.4, -0.2) is 25.9 Å². The van der Waals surface area contributed by atoms with Crippen molar-refractivity contribution in [3.8, 4) is 11.5 Å². The third kappa shape index (κ3) is 3.86.